The summed E-state index contributed by atoms with van der Waals surface area (Å²) in [6.07, 6.45) is 30.3. The minimum absolute atomic E-state index is 0.0453. The summed E-state index contributed by atoms with van der Waals surface area (Å²) in [7, 11) is 0. The Bertz CT molecular complexity index is 3010. The molecule has 0 unspecified atom stereocenters. The molecule has 398 valence electrons. The van der Waals surface area contributed by atoms with Crippen molar-refractivity contribution in [2.24, 2.45) is 0 Å². The summed E-state index contributed by atoms with van der Waals surface area (Å²) in [4.78, 5) is 0. The van der Waals surface area contributed by atoms with Crippen molar-refractivity contribution >= 4 is 23.3 Å². The van der Waals surface area contributed by atoms with Crippen LogP contribution in [0.3, 0.4) is 0 Å². The quantitative estimate of drug-likeness (QED) is 0.0356. The molecule has 0 heterocycles. The Kier molecular flexibility index (Phi) is 18.4. The van der Waals surface area contributed by atoms with E-state index in [2.05, 4.69) is 234 Å². The third-order valence-corrected chi connectivity index (χ3v) is 17.9. The van der Waals surface area contributed by atoms with Crippen molar-refractivity contribution < 1.29 is 0 Å². The molecule has 0 saturated heterocycles. The van der Waals surface area contributed by atoms with Crippen LogP contribution in [0.2, 0.25) is 0 Å². The van der Waals surface area contributed by atoms with Gasteiger partial charge in [0.15, 0.2) is 0 Å². The minimum Gasteiger partial charge on any atom is -0.0654 e. The highest BCUT2D eigenvalue weighted by atomic mass is 14.5. The fraction of sp³-hybridized carbons (Fsp3) is 0.333. The van der Waals surface area contributed by atoms with Gasteiger partial charge in [-0.05, 0) is 150 Å². The summed E-state index contributed by atoms with van der Waals surface area (Å²) in [6, 6.07) is 74.3. The summed E-state index contributed by atoms with van der Waals surface area (Å²) in [6.45, 7) is 9.32. The minimum atomic E-state index is 0.0453. The average molecular weight is 1020 g/mol. The molecule has 10 rings (SSSR count). The summed E-state index contributed by atoms with van der Waals surface area (Å²) < 4.78 is 0. The monoisotopic (exact) mass is 1020 g/mol. The summed E-state index contributed by atoms with van der Waals surface area (Å²) in [5.41, 5.74) is 24.6. The maximum atomic E-state index is 2.60. The second-order valence-corrected chi connectivity index (χ2v) is 23.1. The van der Waals surface area contributed by atoms with Crippen LogP contribution in [0.1, 0.15) is 212 Å². The first-order valence-electron chi connectivity index (χ1n) is 30.7. The van der Waals surface area contributed by atoms with Crippen LogP contribution in [-0.2, 0) is 10.8 Å². The van der Waals surface area contributed by atoms with Crippen molar-refractivity contribution in [3.63, 3.8) is 0 Å². The first-order valence-corrected chi connectivity index (χ1v) is 30.7. The lowest BCUT2D eigenvalue weighted by molar-refractivity contribution is 0.401. The van der Waals surface area contributed by atoms with E-state index < -0.39 is 0 Å². The maximum Gasteiger partial charge on any atom is 0.0215 e. The van der Waals surface area contributed by atoms with Crippen molar-refractivity contribution in [3.8, 4) is 33.4 Å². The Labute approximate surface area is 470 Å². The van der Waals surface area contributed by atoms with Gasteiger partial charge in [-0.25, -0.2) is 0 Å². The summed E-state index contributed by atoms with van der Waals surface area (Å²) >= 11 is 0. The van der Waals surface area contributed by atoms with Crippen LogP contribution in [-0.4, -0.2) is 0 Å². The molecule has 0 aliphatic heterocycles. The summed E-state index contributed by atoms with van der Waals surface area (Å²) in [5, 5.41) is 0. The summed E-state index contributed by atoms with van der Waals surface area (Å²) in [5.74, 6) is 0. The van der Waals surface area contributed by atoms with Gasteiger partial charge in [0.2, 0.25) is 0 Å². The highest BCUT2D eigenvalue weighted by molar-refractivity contribution is 5.95. The van der Waals surface area contributed by atoms with Gasteiger partial charge in [0.25, 0.3) is 0 Å². The van der Waals surface area contributed by atoms with E-state index in [4.69, 9.17) is 0 Å². The van der Waals surface area contributed by atoms with E-state index in [0.717, 1.165) is 0 Å². The number of hydrogen-bond acceptors (Lipinski definition) is 0. The predicted molar refractivity (Wildman–Crippen MR) is 339 cm³/mol. The second-order valence-electron chi connectivity index (χ2n) is 23.1. The molecule has 0 radical (unpaired) electrons. The van der Waals surface area contributed by atoms with Crippen LogP contribution < -0.4 is 0 Å². The van der Waals surface area contributed by atoms with Gasteiger partial charge in [-0.15, -0.1) is 0 Å². The Balaban J connectivity index is 0.960. The van der Waals surface area contributed by atoms with Gasteiger partial charge in [-0.3, -0.25) is 0 Å². The van der Waals surface area contributed by atoms with Crippen molar-refractivity contribution in [1.82, 2.24) is 0 Å². The molecule has 0 fully saturated rings. The lowest BCUT2D eigenvalue weighted by Crippen LogP contribution is -2.25. The molecule has 0 aromatic heterocycles. The number of benzene rings is 8. The standard InChI is InChI=1S/C78H86/c1-5-9-13-27-51-77(52-28-14-10-6-2)73-37-25-23-35-67(73)69-49-47-65(57-75(69)77)71(63-31-19-17-20-32-63)55-59-39-43-61(44-40-59)62-45-41-60(42-46-62)56-72(64-33-21-18-22-34-64)66-48-50-70-68-36-24-26-38-74(68)78(76(70)58-66,53-29-15-11-7-3)54-30-16-12-8-4/h17-26,31-50,55-58H,5-16,27-30,51-54H2,1-4H3/b71-55+,72-56+. The van der Waals surface area contributed by atoms with Crippen LogP contribution in [0.4, 0.5) is 0 Å². The van der Waals surface area contributed by atoms with Crippen molar-refractivity contribution in [3.05, 3.63) is 250 Å². The number of rotatable bonds is 27. The highest BCUT2D eigenvalue weighted by Crippen LogP contribution is 2.56. The van der Waals surface area contributed by atoms with E-state index in [1.807, 2.05) is 0 Å². The van der Waals surface area contributed by atoms with Crippen molar-refractivity contribution in [1.29, 1.82) is 0 Å². The molecule has 0 heteroatoms. The predicted octanol–water partition coefficient (Wildman–Crippen LogP) is 22.9. The molecular formula is C78H86. The largest absolute Gasteiger partial charge is 0.0654 e. The van der Waals surface area contributed by atoms with Crippen LogP contribution in [0.25, 0.3) is 56.7 Å². The molecule has 0 saturated carbocycles. The molecule has 8 aromatic carbocycles. The molecule has 0 N–H and O–H groups in total. The first-order chi connectivity index (χ1) is 38.5. The van der Waals surface area contributed by atoms with Gasteiger partial charge < -0.3 is 0 Å². The first kappa shape index (κ1) is 54.6. The van der Waals surface area contributed by atoms with Crippen molar-refractivity contribution in [2.45, 2.75) is 167 Å². The van der Waals surface area contributed by atoms with Gasteiger partial charge in [0.05, 0.1) is 0 Å². The third-order valence-electron chi connectivity index (χ3n) is 17.9. The van der Waals surface area contributed by atoms with Crippen LogP contribution >= 0.6 is 0 Å². The number of unbranched alkanes of at least 4 members (excludes halogenated alkanes) is 12. The molecule has 0 nitrogen and oxygen atoms in total. The Hall–Kier alpha value is -6.76. The smallest absolute Gasteiger partial charge is 0.0215 e. The van der Waals surface area contributed by atoms with Gasteiger partial charge in [0, 0.05) is 10.8 Å². The SMILES string of the molecule is CCCCCCC1(CCCCCC)c2ccccc2-c2ccc(/C(=C/c3ccc(-c4ccc(/C=C(\c5ccccc5)c5ccc6c(c5)C(CCCCCC)(CCCCCC)c5ccccc5-6)cc4)cc3)c3ccccc3)cc21. The van der Waals surface area contributed by atoms with Gasteiger partial charge in [-0.2, -0.15) is 0 Å². The van der Waals surface area contributed by atoms with Crippen LogP contribution in [0.5, 0.6) is 0 Å². The molecule has 2 aliphatic rings. The second kappa shape index (κ2) is 26.3. The molecule has 0 amide bonds. The number of fused-ring (bicyclic) bond motifs is 6. The van der Waals surface area contributed by atoms with E-state index >= 15 is 0 Å². The fourth-order valence-electron chi connectivity index (χ4n) is 13.8. The van der Waals surface area contributed by atoms with Crippen LogP contribution in [0, 0.1) is 0 Å². The molecule has 0 spiro atoms. The Morgan fingerprint density at radius 1 is 0.282 bits per heavy atom. The van der Waals surface area contributed by atoms with E-state index in [-0.39, 0.29) is 10.8 Å². The lowest BCUT2D eigenvalue weighted by Gasteiger charge is -2.33. The van der Waals surface area contributed by atoms with Gasteiger partial charge >= 0.3 is 0 Å². The number of hydrogen-bond donors (Lipinski definition) is 0. The zero-order chi connectivity index (χ0) is 53.6. The average Bonchev–Trinajstić information content (AvgIpc) is 4.15. The Morgan fingerprint density at radius 3 is 0.949 bits per heavy atom. The third kappa shape index (κ3) is 11.8. The molecule has 78 heavy (non-hydrogen) atoms. The van der Waals surface area contributed by atoms with E-state index in [1.165, 1.54) is 206 Å². The van der Waals surface area contributed by atoms with Crippen molar-refractivity contribution in [2.75, 3.05) is 0 Å². The molecular weight excluding hydrogens is 937 g/mol. The lowest BCUT2D eigenvalue weighted by atomic mass is 9.70. The van der Waals surface area contributed by atoms with Gasteiger partial charge in [0.1, 0.15) is 0 Å². The zero-order valence-electron chi connectivity index (χ0n) is 47.8. The maximum absolute atomic E-state index is 2.60. The van der Waals surface area contributed by atoms with Gasteiger partial charge in [-0.1, -0.05) is 312 Å². The van der Waals surface area contributed by atoms with E-state index in [0.29, 0.717) is 0 Å². The molecule has 8 aromatic rings. The van der Waals surface area contributed by atoms with E-state index in [9.17, 15) is 0 Å². The zero-order valence-corrected chi connectivity index (χ0v) is 47.8. The highest BCUT2D eigenvalue weighted by Gasteiger charge is 2.44. The normalized spacial score (nSPS) is 14.0. The van der Waals surface area contributed by atoms with Crippen LogP contribution in [0.15, 0.2) is 194 Å². The Morgan fingerprint density at radius 2 is 0.603 bits per heavy atom. The molecule has 0 bridgehead atoms. The van der Waals surface area contributed by atoms with E-state index in [1.54, 1.807) is 22.3 Å². The fourth-order valence-corrected chi connectivity index (χ4v) is 13.8. The molecule has 0 atom stereocenters. The topological polar surface area (TPSA) is 0 Å². The molecule has 2 aliphatic carbocycles.